The molecule has 0 spiro atoms. The molecule has 0 fully saturated rings. The maximum absolute atomic E-state index is 12.4. The molecule has 1 aromatic carbocycles. The van der Waals surface area contributed by atoms with Gasteiger partial charge >= 0.3 is 5.97 Å². The molecule has 0 saturated carbocycles. The molecule has 2 rings (SSSR count). The molecule has 1 unspecified atom stereocenters. The minimum atomic E-state index is -0.760. The van der Waals surface area contributed by atoms with Gasteiger partial charge in [0.05, 0.1) is 5.92 Å². The summed E-state index contributed by atoms with van der Waals surface area (Å²) in [6, 6.07) is 5.70. The van der Waals surface area contributed by atoms with Crippen molar-refractivity contribution in [3.63, 3.8) is 0 Å². The molecular weight excluding hydrogens is 264 g/mol. The highest BCUT2D eigenvalue weighted by Crippen LogP contribution is 2.30. The fourth-order valence-electron chi connectivity index (χ4n) is 3.11. The van der Waals surface area contributed by atoms with Crippen LogP contribution in [0.2, 0.25) is 0 Å². The molecule has 1 N–H and O–H groups in total. The van der Waals surface area contributed by atoms with Crippen LogP contribution in [0.4, 0.5) is 0 Å². The zero-order chi connectivity index (χ0) is 15.2. The summed E-state index contributed by atoms with van der Waals surface area (Å²) in [5.41, 5.74) is 2.77. The third kappa shape index (κ3) is 3.93. The molecular formula is C18H24O3. The van der Waals surface area contributed by atoms with Crippen molar-refractivity contribution in [3.8, 4) is 0 Å². The van der Waals surface area contributed by atoms with Gasteiger partial charge in [-0.15, -0.1) is 0 Å². The first-order chi connectivity index (χ1) is 10.1. The first kappa shape index (κ1) is 15.7. The number of carboxylic acid groups (broad SMARTS) is 1. The van der Waals surface area contributed by atoms with E-state index in [2.05, 4.69) is 6.92 Å². The predicted molar refractivity (Wildman–Crippen MR) is 82.7 cm³/mol. The number of fused-ring (bicyclic) bond motifs is 1. The second kappa shape index (κ2) is 7.39. The van der Waals surface area contributed by atoms with E-state index in [0.29, 0.717) is 19.3 Å². The highest BCUT2D eigenvalue weighted by Gasteiger charge is 2.29. The highest BCUT2D eigenvalue weighted by molar-refractivity contribution is 5.98. The average Bonchev–Trinajstić information content (AvgIpc) is 2.91. The molecule has 114 valence electrons. The van der Waals surface area contributed by atoms with Gasteiger partial charge in [0.1, 0.15) is 0 Å². The van der Waals surface area contributed by atoms with Gasteiger partial charge in [-0.2, -0.15) is 0 Å². The molecule has 0 aromatic heterocycles. The van der Waals surface area contributed by atoms with Crippen molar-refractivity contribution >= 4 is 11.8 Å². The van der Waals surface area contributed by atoms with Gasteiger partial charge in [-0.1, -0.05) is 50.8 Å². The molecule has 21 heavy (non-hydrogen) atoms. The molecule has 0 heterocycles. The molecule has 0 aliphatic heterocycles. The van der Waals surface area contributed by atoms with Gasteiger partial charge in [-0.25, -0.2) is 0 Å². The van der Waals surface area contributed by atoms with E-state index >= 15 is 0 Å². The molecule has 1 aromatic rings. The van der Waals surface area contributed by atoms with Crippen molar-refractivity contribution in [2.45, 2.75) is 58.3 Å². The summed E-state index contributed by atoms with van der Waals surface area (Å²) < 4.78 is 0. The Balaban J connectivity index is 1.97. The summed E-state index contributed by atoms with van der Waals surface area (Å²) in [6.07, 6.45) is 7.31. The van der Waals surface area contributed by atoms with Gasteiger partial charge < -0.3 is 5.11 Å². The van der Waals surface area contributed by atoms with E-state index in [1.54, 1.807) is 0 Å². The molecule has 0 amide bonds. The van der Waals surface area contributed by atoms with Crippen LogP contribution < -0.4 is 0 Å². The number of hydrogen-bond donors (Lipinski definition) is 1. The van der Waals surface area contributed by atoms with E-state index in [9.17, 15) is 9.59 Å². The number of Topliss-reactive ketones (excluding diaryl/α,β-unsaturated/α-hetero) is 1. The highest BCUT2D eigenvalue weighted by atomic mass is 16.4. The topological polar surface area (TPSA) is 54.4 Å². The van der Waals surface area contributed by atoms with Crippen LogP contribution in [-0.2, 0) is 17.6 Å². The van der Waals surface area contributed by atoms with Gasteiger partial charge in [0.2, 0.25) is 0 Å². The quantitative estimate of drug-likeness (QED) is 0.580. The third-order valence-corrected chi connectivity index (χ3v) is 4.35. The second-order valence-electron chi connectivity index (χ2n) is 5.97. The zero-order valence-corrected chi connectivity index (χ0v) is 12.7. The monoisotopic (exact) mass is 288 g/mol. The zero-order valence-electron chi connectivity index (χ0n) is 12.7. The number of carbonyl (C=O) groups excluding carboxylic acids is 1. The fourth-order valence-corrected chi connectivity index (χ4v) is 3.11. The summed E-state index contributed by atoms with van der Waals surface area (Å²) in [7, 11) is 0. The maximum Gasteiger partial charge on any atom is 0.307 e. The lowest BCUT2D eigenvalue weighted by molar-refractivity contribution is -0.141. The minimum absolute atomic E-state index is 0.175. The molecule has 3 nitrogen and oxygen atoms in total. The summed E-state index contributed by atoms with van der Waals surface area (Å²) in [4.78, 5) is 23.5. The first-order valence-electron chi connectivity index (χ1n) is 8.00. The lowest BCUT2D eigenvalue weighted by Gasteiger charge is -2.07. The Morgan fingerprint density at radius 1 is 1.14 bits per heavy atom. The molecule has 3 heteroatoms. The summed E-state index contributed by atoms with van der Waals surface area (Å²) >= 11 is 0. The lowest BCUT2D eigenvalue weighted by atomic mass is 9.96. The Morgan fingerprint density at radius 3 is 2.62 bits per heavy atom. The van der Waals surface area contributed by atoms with Crippen molar-refractivity contribution in [2.75, 3.05) is 0 Å². The van der Waals surface area contributed by atoms with Gasteiger partial charge in [0.25, 0.3) is 0 Å². The molecule has 1 atom stereocenters. The standard InChI is InChI=1S/C18H24O3/c1-2-3-4-5-6-10-17(19)15-9-7-8-13-11-14(18(20)21)12-16(13)15/h7-9,14H,2-6,10-12H2,1H3,(H,20,21). The van der Waals surface area contributed by atoms with Crippen molar-refractivity contribution in [1.82, 2.24) is 0 Å². The van der Waals surface area contributed by atoms with E-state index in [4.69, 9.17) is 5.11 Å². The maximum atomic E-state index is 12.4. The van der Waals surface area contributed by atoms with Crippen LogP contribution in [0.25, 0.3) is 0 Å². The number of carboxylic acids is 1. The summed E-state index contributed by atoms with van der Waals surface area (Å²) in [6.45, 7) is 2.18. The molecule has 0 saturated heterocycles. The van der Waals surface area contributed by atoms with Crippen LogP contribution in [0.3, 0.4) is 0 Å². The number of aliphatic carboxylic acids is 1. The third-order valence-electron chi connectivity index (χ3n) is 4.35. The number of benzene rings is 1. The molecule has 1 aliphatic carbocycles. The smallest absolute Gasteiger partial charge is 0.307 e. The van der Waals surface area contributed by atoms with Crippen LogP contribution in [0.5, 0.6) is 0 Å². The summed E-state index contributed by atoms with van der Waals surface area (Å²) in [5.74, 6) is -0.947. The van der Waals surface area contributed by atoms with Crippen molar-refractivity contribution in [3.05, 3.63) is 34.9 Å². The largest absolute Gasteiger partial charge is 0.481 e. The van der Waals surface area contributed by atoms with Crippen LogP contribution in [0.1, 0.15) is 66.9 Å². The van der Waals surface area contributed by atoms with Crippen LogP contribution in [0, 0.1) is 5.92 Å². The van der Waals surface area contributed by atoms with E-state index in [-0.39, 0.29) is 11.7 Å². The first-order valence-corrected chi connectivity index (χ1v) is 8.00. The number of ketones is 1. The van der Waals surface area contributed by atoms with E-state index in [1.807, 2.05) is 18.2 Å². The van der Waals surface area contributed by atoms with E-state index in [1.165, 1.54) is 19.3 Å². The Labute approximate surface area is 126 Å². The van der Waals surface area contributed by atoms with Crippen LogP contribution >= 0.6 is 0 Å². The van der Waals surface area contributed by atoms with E-state index in [0.717, 1.165) is 29.5 Å². The summed E-state index contributed by atoms with van der Waals surface area (Å²) in [5, 5.41) is 9.15. The van der Waals surface area contributed by atoms with Crippen LogP contribution in [0.15, 0.2) is 18.2 Å². The van der Waals surface area contributed by atoms with Gasteiger partial charge in [-0.3, -0.25) is 9.59 Å². The predicted octanol–water partition coefficient (Wildman–Crippen LogP) is 4.03. The van der Waals surface area contributed by atoms with Gasteiger partial charge in [0.15, 0.2) is 5.78 Å². The Kier molecular flexibility index (Phi) is 5.54. The number of hydrogen-bond acceptors (Lipinski definition) is 2. The SMILES string of the molecule is CCCCCCCC(=O)c1cccc2c1CC(C(=O)O)C2. The Bertz CT molecular complexity index is 519. The minimum Gasteiger partial charge on any atom is -0.481 e. The number of unbranched alkanes of at least 4 members (excludes halogenated alkanes) is 4. The normalized spacial score (nSPS) is 16.7. The molecule has 0 radical (unpaired) electrons. The van der Waals surface area contributed by atoms with Gasteiger partial charge in [-0.05, 0) is 30.4 Å². The number of carbonyl (C=O) groups is 2. The van der Waals surface area contributed by atoms with Crippen molar-refractivity contribution in [2.24, 2.45) is 5.92 Å². The fraction of sp³-hybridized carbons (Fsp3) is 0.556. The average molecular weight is 288 g/mol. The Morgan fingerprint density at radius 2 is 1.90 bits per heavy atom. The molecule has 0 bridgehead atoms. The number of rotatable bonds is 8. The van der Waals surface area contributed by atoms with E-state index < -0.39 is 5.97 Å². The van der Waals surface area contributed by atoms with Crippen LogP contribution in [-0.4, -0.2) is 16.9 Å². The lowest BCUT2D eigenvalue weighted by Crippen LogP contribution is -2.13. The van der Waals surface area contributed by atoms with Crippen molar-refractivity contribution in [1.29, 1.82) is 0 Å². The van der Waals surface area contributed by atoms with Crippen molar-refractivity contribution < 1.29 is 14.7 Å². The molecule has 1 aliphatic rings. The second-order valence-corrected chi connectivity index (χ2v) is 5.97. The van der Waals surface area contributed by atoms with Gasteiger partial charge in [0, 0.05) is 12.0 Å². The Hall–Kier alpha value is -1.64.